The monoisotopic (exact) mass is 444 g/mol. The molecule has 5 nitrogen and oxygen atoms in total. The standard InChI is InChI=1S/C22H25BrN2O3/c1-27-21-9-8-19(23)15-18(21)7-10-22(26)24-20(17-5-3-2-4-6-17)16-25-11-13-28-14-12-25/h2-10,15,20H,11-14,16H2,1H3,(H,24,26)/b10-7+. The van der Waals surface area contributed by atoms with E-state index in [1.165, 1.54) is 0 Å². The molecule has 0 aliphatic carbocycles. The van der Waals surface area contributed by atoms with E-state index in [4.69, 9.17) is 9.47 Å². The van der Waals surface area contributed by atoms with Gasteiger partial charge in [-0.1, -0.05) is 46.3 Å². The molecule has 6 heteroatoms. The maximum atomic E-state index is 12.6. The minimum Gasteiger partial charge on any atom is -0.496 e. The summed E-state index contributed by atoms with van der Waals surface area (Å²) < 4.78 is 11.7. The van der Waals surface area contributed by atoms with Crippen molar-refractivity contribution in [2.45, 2.75) is 6.04 Å². The maximum absolute atomic E-state index is 12.6. The van der Waals surface area contributed by atoms with Gasteiger partial charge in [0.25, 0.3) is 0 Å². The molecule has 0 saturated carbocycles. The fraction of sp³-hybridized carbons (Fsp3) is 0.318. The van der Waals surface area contributed by atoms with E-state index in [0.717, 1.165) is 54.2 Å². The molecule has 1 unspecified atom stereocenters. The van der Waals surface area contributed by atoms with Crippen molar-refractivity contribution in [3.63, 3.8) is 0 Å². The molecule has 1 saturated heterocycles. The van der Waals surface area contributed by atoms with Crippen LogP contribution in [-0.4, -0.2) is 50.8 Å². The lowest BCUT2D eigenvalue weighted by molar-refractivity contribution is -0.117. The molecule has 1 heterocycles. The highest BCUT2D eigenvalue weighted by molar-refractivity contribution is 9.10. The van der Waals surface area contributed by atoms with Crippen molar-refractivity contribution in [2.75, 3.05) is 40.0 Å². The number of benzene rings is 2. The molecule has 0 bridgehead atoms. The van der Waals surface area contributed by atoms with Crippen LogP contribution in [0.4, 0.5) is 0 Å². The average Bonchev–Trinajstić information content (AvgIpc) is 2.73. The zero-order valence-corrected chi connectivity index (χ0v) is 17.5. The minimum absolute atomic E-state index is 0.0825. The molecular weight excluding hydrogens is 420 g/mol. The van der Waals surface area contributed by atoms with E-state index < -0.39 is 0 Å². The van der Waals surface area contributed by atoms with Crippen LogP contribution in [0.1, 0.15) is 17.2 Å². The van der Waals surface area contributed by atoms with Crippen LogP contribution in [0.3, 0.4) is 0 Å². The fourth-order valence-electron chi connectivity index (χ4n) is 3.18. The molecule has 2 aromatic carbocycles. The molecule has 28 heavy (non-hydrogen) atoms. The molecule has 2 aromatic rings. The van der Waals surface area contributed by atoms with Gasteiger partial charge in [-0.25, -0.2) is 0 Å². The fourth-order valence-corrected chi connectivity index (χ4v) is 3.56. The average molecular weight is 445 g/mol. The van der Waals surface area contributed by atoms with Gasteiger partial charge in [-0.2, -0.15) is 0 Å². The van der Waals surface area contributed by atoms with Gasteiger partial charge >= 0.3 is 0 Å². The van der Waals surface area contributed by atoms with Gasteiger partial charge in [-0.15, -0.1) is 0 Å². The third kappa shape index (κ3) is 5.92. The quantitative estimate of drug-likeness (QED) is 0.661. The number of rotatable bonds is 7. The lowest BCUT2D eigenvalue weighted by Crippen LogP contribution is -2.42. The molecule has 0 spiro atoms. The Morgan fingerprint density at radius 2 is 2.00 bits per heavy atom. The Morgan fingerprint density at radius 3 is 2.71 bits per heavy atom. The molecule has 1 amide bonds. The van der Waals surface area contributed by atoms with Crippen LogP contribution < -0.4 is 10.1 Å². The normalized spacial score (nSPS) is 16.1. The van der Waals surface area contributed by atoms with Crippen molar-refractivity contribution in [3.8, 4) is 5.75 Å². The van der Waals surface area contributed by atoms with Crippen molar-refractivity contribution >= 4 is 27.9 Å². The van der Waals surface area contributed by atoms with Gasteiger partial charge in [0, 0.05) is 35.7 Å². The number of halogens is 1. The van der Waals surface area contributed by atoms with Crippen molar-refractivity contribution in [2.24, 2.45) is 0 Å². The summed E-state index contributed by atoms with van der Waals surface area (Å²) in [6.07, 6.45) is 3.33. The molecular formula is C22H25BrN2O3. The molecule has 1 aliphatic rings. The summed E-state index contributed by atoms with van der Waals surface area (Å²) in [5, 5.41) is 3.14. The number of hydrogen-bond donors (Lipinski definition) is 1. The van der Waals surface area contributed by atoms with Crippen LogP contribution in [0, 0.1) is 0 Å². The summed E-state index contributed by atoms with van der Waals surface area (Å²) in [5.74, 6) is 0.587. The van der Waals surface area contributed by atoms with E-state index in [9.17, 15) is 4.79 Å². The van der Waals surface area contributed by atoms with Crippen LogP contribution in [0.25, 0.3) is 6.08 Å². The SMILES string of the molecule is COc1ccc(Br)cc1/C=C/C(=O)NC(CN1CCOCC1)c1ccccc1. The zero-order valence-electron chi connectivity index (χ0n) is 15.9. The Kier molecular flexibility index (Phi) is 7.65. The van der Waals surface area contributed by atoms with Gasteiger partial charge in [0.05, 0.1) is 26.4 Å². The van der Waals surface area contributed by atoms with Crippen molar-refractivity contribution < 1.29 is 14.3 Å². The predicted molar refractivity (Wildman–Crippen MR) is 114 cm³/mol. The van der Waals surface area contributed by atoms with Crippen molar-refractivity contribution in [1.82, 2.24) is 10.2 Å². The third-order valence-electron chi connectivity index (χ3n) is 4.67. The van der Waals surface area contributed by atoms with Crippen LogP contribution in [0.2, 0.25) is 0 Å². The first-order valence-electron chi connectivity index (χ1n) is 9.33. The lowest BCUT2D eigenvalue weighted by atomic mass is 10.1. The summed E-state index contributed by atoms with van der Waals surface area (Å²) in [5.41, 5.74) is 1.94. The Labute approximate surface area is 174 Å². The van der Waals surface area contributed by atoms with Crippen molar-refractivity contribution in [1.29, 1.82) is 0 Å². The number of carbonyl (C=O) groups excluding carboxylic acids is 1. The second kappa shape index (κ2) is 10.4. The second-order valence-electron chi connectivity index (χ2n) is 6.60. The van der Waals surface area contributed by atoms with Gasteiger partial charge in [0.2, 0.25) is 5.91 Å². The van der Waals surface area contributed by atoms with Crippen molar-refractivity contribution in [3.05, 3.63) is 70.2 Å². The molecule has 1 N–H and O–H groups in total. The molecule has 0 aromatic heterocycles. The lowest BCUT2D eigenvalue weighted by Gasteiger charge is -2.31. The van der Waals surface area contributed by atoms with E-state index in [2.05, 4.69) is 26.1 Å². The number of amides is 1. The molecule has 148 valence electrons. The summed E-state index contributed by atoms with van der Waals surface area (Å²) in [6, 6.07) is 15.7. The Balaban J connectivity index is 1.71. The van der Waals surface area contributed by atoms with E-state index in [-0.39, 0.29) is 11.9 Å². The largest absolute Gasteiger partial charge is 0.496 e. The smallest absolute Gasteiger partial charge is 0.244 e. The van der Waals surface area contributed by atoms with Gasteiger partial charge < -0.3 is 14.8 Å². The van der Waals surface area contributed by atoms with Crippen LogP contribution in [0.5, 0.6) is 5.75 Å². The topological polar surface area (TPSA) is 50.8 Å². The summed E-state index contributed by atoms with van der Waals surface area (Å²) in [6.45, 7) is 3.98. The third-order valence-corrected chi connectivity index (χ3v) is 5.16. The number of nitrogens with one attached hydrogen (secondary N) is 1. The maximum Gasteiger partial charge on any atom is 0.244 e. The molecule has 1 atom stereocenters. The summed E-state index contributed by atoms with van der Waals surface area (Å²) in [4.78, 5) is 15.0. The van der Waals surface area contributed by atoms with E-state index >= 15 is 0 Å². The summed E-state index contributed by atoms with van der Waals surface area (Å²) in [7, 11) is 1.62. The van der Waals surface area contributed by atoms with Gasteiger partial charge in [-0.3, -0.25) is 9.69 Å². The Bertz CT molecular complexity index is 805. The minimum atomic E-state index is -0.135. The Morgan fingerprint density at radius 1 is 1.25 bits per heavy atom. The molecule has 0 radical (unpaired) electrons. The first kappa shape index (κ1) is 20.6. The van der Waals surface area contributed by atoms with E-state index in [0.29, 0.717) is 0 Å². The summed E-state index contributed by atoms with van der Waals surface area (Å²) >= 11 is 3.45. The number of hydrogen-bond acceptors (Lipinski definition) is 4. The predicted octanol–water partition coefficient (Wildman–Crippen LogP) is 3.66. The highest BCUT2D eigenvalue weighted by atomic mass is 79.9. The van der Waals surface area contributed by atoms with E-state index in [1.54, 1.807) is 19.3 Å². The number of nitrogens with zero attached hydrogens (tertiary/aromatic N) is 1. The number of morpholine rings is 1. The van der Waals surface area contributed by atoms with Gasteiger partial charge in [0.15, 0.2) is 0 Å². The van der Waals surface area contributed by atoms with Crippen LogP contribution in [0.15, 0.2) is 59.1 Å². The second-order valence-corrected chi connectivity index (χ2v) is 7.52. The Hall–Kier alpha value is -2.15. The number of methoxy groups -OCH3 is 1. The first-order valence-corrected chi connectivity index (χ1v) is 10.1. The van der Waals surface area contributed by atoms with E-state index in [1.807, 2.05) is 48.5 Å². The number of ether oxygens (including phenoxy) is 2. The number of carbonyl (C=O) groups is 1. The van der Waals surface area contributed by atoms with Gasteiger partial charge in [0.1, 0.15) is 5.75 Å². The first-order chi connectivity index (χ1) is 13.7. The highest BCUT2D eigenvalue weighted by Gasteiger charge is 2.19. The van der Waals surface area contributed by atoms with Gasteiger partial charge in [-0.05, 0) is 29.8 Å². The van der Waals surface area contributed by atoms with Crippen LogP contribution in [-0.2, 0) is 9.53 Å². The molecule has 1 fully saturated rings. The molecule has 1 aliphatic heterocycles. The molecule has 3 rings (SSSR count). The highest BCUT2D eigenvalue weighted by Crippen LogP contribution is 2.24. The zero-order chi connectivity index (χ0) is 19.8. The van der Waals surface area contributed by atoms with Crippen LogP contribution >= 0.6 is 15.9 Å².